The first-order valence-corrected chi connectivity index (χ1v) is 46.3. The van der Waals surface area contributed by atoms with E-state index in [4.69, 9.17) is 112 Å². The second-order valence-electron chi connectivity index (χ2n) is 35.1. The molecule has 0 bridgehead atoms. The lowest BCUT2D eigenvalue weighted by molar-refractivity contribution is -0.132. The van der Waals surface area contributed by atoms with E-state index in [1.807, 2.05) is 146 Å². The van der Waals surface area contributed by atoms with E-state index in [0.717, 1.165) is 117 Å². The number of amides is 4. The van der Waals surface area contributed by atoms with E-state index >= 15 is 0 Å². The molecule has 4 saturated heterocycles. The van der Waals surface area contributed by atoms with Crippen molar-refractivity contribution < 1.29 is 46.9 Å². The van der Waals surface area contributed by atoms with Gasteiger partial charge in [-0.15, -0.1) is 6.58 Å². The molecule has 4 N–H and O–H groups in total. The van der Waals surface area contributed by atoms with Crippen LogP contribution in [0.2, 0.25) is 40.2 Å². The van der Waals surface area contributed by atoms with Gasteiger partial charge >= 0.3 is 0 Å². The highest BCUT2D eigenvalue weighted by atomic mass is 35.5. The molecular formula is C104H101Cl8F2N5O8. The molecule has 127 heavy (non-hydrogen) atoms. The van der Waals surface area contributed by atoms with Gasteiger partial charge in [-0.1, -0.05) is 197 Å². The van der Waals surface area contributed by atoms with Crippen LogP contribution < -0.4 is 40.2 Å². The molecule has 660 valence electrons. The molecule has 13 nitrogen and oxygen atoms in total. The summed E-state index contributed by atoms with van der Waals surface area (Å²) in [4.78, 5) is 52.6. The van der Waals surface area contributed by atoms with Crippen molar-refractivity contribution >= 4 is 116 Å². The number of carbonyl (C=O) groups is 4. The largest absolute Gasteiger partial charge is 0.497 e. The van der Waals surface area contributed by atoms with Crippen molar-refractivity contribution in [1.29, 1.82) is 5.26 Å². The molecule has 0 radical (unpaired) electrons. The summed E-state index contributed by atoms with van der Waals surface area (Å²) >= 11 is 51.6. The fraction of sp³-hybridized carbons (Fsp3) is 0.356. The van der Waals surface area contributed by atoms with Crippen LogP contribution in [0.25, 0.3) is 0 Å². The Labute approximate surface area is 782 Å². The van der Waals surface area contributed by atoms with Gasteiger partial charge in [0.15, 0.2) is 11.6 Å². The van der Waals surface area contributed by atoms with Crippen molar-refractivity contribution in [3.05, 3.63) is 338 Å². The molecule has 18 rings (SSSR count). The minimum atomic E-state index is -0.901. The van der Waals surface area contributed by atoms with Gasteiger partial charge in [-0.05, 0) is 325 Å². The normalized spacial score (nSPS) is 27.1. The van der Waals surface area contributed by atoms with Gasteiger partial charge < -0.3 is 40.2 Å². The van der Waals surface area contributed by atoms with Crippen molar-refractivity contribution in [1.82, 2.24) is 21.3 Å². The minimum Gasteiger partial charge on any atom is -0.497 e. The number of hydrogen-bond donors (Lipinski definition) is 4. The van der Waals surface area contributed by atoms with E-state index < -0.39 is 27.9 Å². The maximum Gasteiger partial charge on any atom is 0.226 e. The summed E-state index contributed by atoms with van der Waals surface area (Å²) in [6, 6.07) is 69.0. The first kappa shape index (κ1) is 92.4. The van der Waals surface area contributed by atoms with Crippen LogP contribution in [0.1, 0.15) is 180 Å². The Balaban J connectivity index is 0.000000131. The number of allylic oxidation sites excluding steroid dienone is 1. The summed E-state index contributed by atoms with van der Waals surface area (Å²) in [5.41, 5.74) is 9.34. The molecule has 4 aliphatic heterocycles. The molecule has 0 unspecified atom stereocenters. The molecule has 23 heteroatoms. The van der Waals surface area contributed by atoms with Crippen LogP contribution in [0.5, 0.6) is 23.0 Å². The Hall–Kier alpha value is -9.31. The van der Waals surface area contributed by atoms with Crippen LogP contribution in [0.4, 0.5) is 8.78 Å². The molecule has 10 aromatic rings. The number of nitriles is 1. The average Bonchev–Trinajstić information content (AvgIpc) is 1.63. The number of halogens is 10. The van der Waals surface area contributed by atoms with Crippen molar-refractivity contribution in [2.24, 2.45) is 45.3 Å². The van der Waals surface area contributed by atoms with Gasteiger partial charge in [0.1, 0.15) is 23.0 Å². The first-order valence-electron chi connectivity index (χ1n) is 43.3. The Morgan fingerprint density at radius 3 is 0.961 bits per heavy atom. The van der Waals surface area contributed by atoms with E-state index in [2.05, 4.69) is 95.4 Å². The van der Waals surface area contributed by atoms with Crippen molar-refractivity contribution in [3.63, 3.8) is 0 Å². The molecule has 8 fully saturated rings. The predicted octanol–water partition coefficient (Wildman–Crippen LogP) is 25.2. The molecule has 4 heterocycles. The predicted molar refractivity (Wildman–Crippen MR) is 502 cm³/mol. The number of nitrogens with one attached hydrogen (secondary N) is 4. The Bertz CT molecular complexity index is 5750. The highest BCUT2D eigenvalue weighted by molar-refractivity contribution is 6.33. The van der Waals surface area contributed by atoms with Crippen LogP contribution in [-0.4, -0.2) is 78.2 Å². The Morgan fingerprint density at radius 2 is 0.661 bits per heavy atom. The smallest absolute Gasteiger partial charge is 0.226 e. The summed E-state index contributed by atoms with van der Waals surface area (Å²) in [6.07, 6.45) is 10.9. The van der Waals surface area contributed by atoms with Crippen molar-refractivity contribution in [2.75, 3.05) is 54.6 Å². The number of nitrogens with zero attached hydrogens (tertiary/aromatic N) is 1. The number of carbonyl (C=O) groups excluding carboxylic acids is 4. The lowest BCUT2D eigenvalue weighted by Gasteiger charge is -2.47. The highest BCUT2D eigenvalue weighted by Crippen LogP contribution is 2.64. The quantitative estimate of drug-likeness (QED) is 0.0574. The molecule has 4 amide bonds. The van der Waals surface area contributed by atoms with Crippen molar-refractivity contribution in [2.45, 2.75) is 131 Å². The first-order chi connectivity index (χ1) is 61.3. The zero-order valence-electron chi connectivity index (χ0n) is 71.2. The zero-order valence-corrected chi connectivity index (χ0v) is 77.3. The van der Waals surface area contributed by atoms with E-state index in [-0.39, 0.29) is 100 Å². The highest BCUT2D eigenvalue weighted by Gasteiger charge is 2.62. The fourth-order valence-corrected chi connectivity index (χ4v) is 24.9. The second-order valence-corrected chi connectivity index (χ2v) is 38.5. The van der Waals surface area contributed by atoms with E-state index in [1.54, 1.807) is 34.5 Å². The third-order valence-corrected chi connectivity index (χ3v) is 31.7. The van der Waals surface area contributed by atoms with Crippen LogP contribution in [-0.2, 0) is 32.0 Å². The molecule has 16 atom stereocenters. The van der Waals surface area contributed by atoms with Gasteiger partial charge in [0.2, 0.25) is 23.6 Å². The maximum absolute atomic E-state index is 14.0. The average molecular weight is 1870 g/mol. The van der Waals surface area contributed by atoms with Crippen LogP contribution in [0.3, 0.4) is 0 Å². The SMILES string of the molecule is C=CC[C@@]12CC[C@@H](c3ccc(OC)cc3Cl)[C@H](c3ccc(Cl)cc3)[C@@H]1CNC2=O.CC[C@@]12CC[C@@H](c3ccc(OC)cc3Cl)[C@H](c3ccc(Cl)cc3)[C@@H]1CNC2=O.COc1ccc([C@@H]2CC[C@@]3(Cc4ccc(C#N)cc4)C(=O)NC[C@H]3[C@H]2c2ccc(Cl)cc2)c(Cl)c1.COc1ccc([C@@H]2CC[C@@]3(Cc4ccc(F)c(F)c4)C(=O)NC[C@H]3[C@H]2c2ccc(Cl)cc2)c(Cl)c1. The van der Waals surface area contributed by atoms with Crippen LogP contribution in [0, 0.1) is 68.3 Å². The third-order valence-electron chi connectivity index (χ3n) is 29.3. The van der Waals surface area contributed by atoms with Gasteiger partial charge in [-0.3, -0.25) is 19.2 Å². The number of benzene rings is 10. The molecule has 4 saturated carbocycles. The molecule has 0 aromatic heterocycles. The lowest BCUT2D eigenvalue weighted by Crippen LogP contribution is -2.44. The fourth-order valence-electron chi connectivity index (χ4n) is 23.2. The van der Waals surface area contributed by atoms with Crippen LogP contribution >= 0.6 is 92.8 Å². The summed E-state index contributed by atoms with van der Waals surface area (Å²) in [5.74, 6) is 3.08. The summed E-state index contributed by atoms with van der Waals surface area (Å²) < 4.78 is 49.0. The molecular weight excluding hydrogens is 1770 g/mol. The lowest BCUT2D eigenvalue weighted by atomic mass is 9.55. The molecule has 0 spiro atoms. The Kier molecular flexibility index (Phi) is 28.8. The number of ether oxygens (including phenoxy) is 4. The molecule has 4 aliphatic carbocycles. The van der Waals surface area contributed by atoms with Crippen molar-refractivity contribution in [3.8, 4) is 29.1 Å². The van der Waals surface area contributed by atoms with Gasteiger partial charge in [0, 0.05) is 66.4 Å². The summed E-state index contributed by atoms with van der Waals surface area (Å²) in [7, 11) is 6.52. The van der Waals surface area contributed by atoms with Gasteiger partial charge in [-0.25, -0.2) is 8.78 Å². The maximum atomic E-state index is 14.0. The van der Waals surface area contributed by atoms with E-state index in [9.17, 15) is 33.2 Å². The number of fused-ring (bicyclic) bond motifs is 4. The number of methoxy groups -OCH3 is 4. The van der Waals surface area contributed by atoms with E-state index in [1.165, 1.54) is 17.2 Å². The monoisotopic (exact) mass is 1870 g/mol. The van der Waals surface area contributed by atoms with Gasteiger partial charge in [0.05, 0.1) is 61.7 Å². The van der Waals surface area contributed by atoms with Gasteiger partial charge in [0.25, 0.3) is 0 Å². The second kappa shape index (κ2) is 39.6. The van der Waals surface area contributed by atoms with E-state index in [0.29, 0.717) is 105 Å². The molecule has 8 aliphatic rings. The topological polar surface area (TPSA) is 177 Å². The number of hydrogen-bond acceptors (Lipinski definition) is 9. The Morgan fingerprint density at radius 1 is 0.378 bits per heavy atom. The summed E-state index contributed by atoms with van der Waals surface area (Å²) in [5, 5.41) is 27.2. The third kappa shape index (κ3) is 18.4. The van der Waals surface area contributed by atoms with Crippen LogP contribution in [0.15, 0.2) is 225 Å². The van der Waals surface area contributed by atoms with Gasteiger partial charge in [-0.2, -0.15) is 5.26 Å². The molecule has 10 aromatic carbocycles. The zero-order chi connectivity index (χ0) is 89.8. The summed E-state index contributed by atoms with van der Waals surface area (Å²) in [6.45, 7) is 8.57. The number of rotatable bonds is 19. The minimum absolute atomic E-state index is 0.0313. The standard InChI is InChI=1S/C29H26Cl2N2O2.C28H25Cl2F2NO2.C24H25Cl2NO2.C23H25Cl2NO2/c1-35-22-10-11-23(26(31)14-22)24-12-13-29(15-18-2-4-19(16-32)5-3-18)25(17-33-28(29)34)27(24)20-6-8-21(30)9-7-20;1-35-19-7-8-20(23(30)13-19)21-10-11-28(14-16-2-9-24(31)25(32)12-16)22(15-33-27(28)34)26(21)17-3-5-18(29)6-4-17;1-3-11-24-12-10-19(18-9-8-17(29-2)13-21(18)26)22(20(24)14-27-23(24)28)15-4-6-16(25)7-5-15;1-3-23-11-10-18(17-9-8-16(28-2)12-20(17)25)21(19(23)13-26-22(23)27)14-4-6-15(24)7-5-14/h2-11,14,24-25,27H,12-13,15,17H2,1H3,(H,33,34);2-9,12-13,21-22,26H,10-11,14-15H2,1H3,(H,33,34);3-9,13,19-20,22H,1,10-12,14H2,2H3,(H,27,28);4-9,12,18-19,21H,3,10-11,13H2,1-2H3,(H,26,27)/t24-,25-,27-,29-;21-,22-,26-,28-;19-,20-,22-,24+;18-,19-,21-,23+/m0000/s1.